The molecule has 0 bridgehead atoms. The van der Waals surface area contributed by atoms with Gasteiger partial charge in [-0.1, -0.05) is 0 Å². The first kappa shape index (κ1) is 10.7. The van der Waals surface area contributed by atoms with E-state index in [0.29, 0.717) is 0 Å². The summed E-state index contributed by atoms with van der Waals surface area (Å²) >= 11 is 0. The van der Waals surface area contributed by atoms with Crippen LogP contribution in [0.3, 0.4) is 0 Å². The second-order valence-electron chi connectivity index (χ2n) is 0.740. The molecule has 0 aliphatic carbocycles. The van der Waals surface area contributed by atoms with Crippen molar-refractivity contribution >= 4 is 41.7 Å². The Hall–Kier alpha value is -0.260. The molecule has 0 unspecified atom stereocenters. The first-order chi connectivity index (χ1) is 3.13. The van der Waals surface area contributed by atoms with E-state index in [9.17, 15) is 9.59 Å². The third kappa shape index (κ3) is 9.22. The van der Waals surface area contributed by atoms with Crippen molar-refractivity contribution in [1.82, 2.24) is 0 Å². The monoisotopic (exact) mass is 128 g/mol. The van der Waals surface area contributed by atoms with Crippen molar-refractivity contribution in [3.63, 3.8) is 0 Å². The molecule has 0 heterocycles. The average molecular weight is 128 g/mol. The summed E-state index contributed by atoms with van der Waals surface area (Å²) in [6.45, 7) is 0. The van der Waals surface area contributed by atoms with Crippen LogP contribution in [0, 0.1) is 0 Å². The second-order valence-corrected chi connectivity index (χ2v) is 0.740. The van der Waals surface area contributed by atoms with Crippen molar-refractivity contribution in [2.45, 2.75) is 0 Å². The molecular weight excluding hydrogens is 123 g/mol. The van der Waals surface area contributed by atoms with Gasteiger partial charge in [0, 0.05) is 0 Å². The Balaban J connectivity index is 0. The number of hydrogen-bond donors (Lipinski definition) is 2. The average Bonchev–Trinajstić information content (AvgIpc) is 1.27. The van der Waals surface area contributed by atoms with Crippen LogP contribution in [-0.4, -0.2) is 41.7 Å². The predicted molar refractivity (Wildman–Crippen MR) is 27.4 cm³/mol. The summed E-state index contributed by atoms with van der Waals surface area (Å²) in [4.78, 5) is 19.0. The molecule has 0 rings (SSSR count). The summed E-state index contributed by atoms with van der Waals surface area (Å²) in [5.74, 6) is 0. The molecule has 0 aromatic heterocycles. The number of carbonyl (C=O) groups is 2. The minimum atomic E-state index is -1.19. The summed E-state index contributed by atoms with van der Waals surface area (Å²) in [5, 5.41) is 0. The molecule has 5 nitrogen and oxygen atoms in total. The standard InChI is InChI=1S/C2H4N2O3.Na.H/c3-1(5)7-2(4)6;;/h(H2,3,5)(H2,4,6);;. The number of rotatable bonds is 0. The molecule has 42 valence electrons. The summed E-state index contributed by atoms with van der Waals surface area (Å²) < 4.78 is 3.53. The van der Waals surface area contributed by atoms with E-state index in [0.717, 1.165) is 0 Å². The summed E-state index contributed by atoms with van der Waals surface area (Å²) in [6, 6.07) is 0. The fourth-order valence-electron chi connectivity index (χ4n) is 0.0991. The van der Waals surface area contributed by atoms with E-state index in [1.165, 1.54) is 0 Å². The van der Waals surface area contributed by atoms with Crippen molar-refractivity contribution in [3.8, 4) is 0 Å². The van der Waals surface area contributed by atoms with Gasteiger partial charge in [0.05, 0.1) is 0 Å². The first-order valence-electron chi connectivity index (χ1n) is 1.39. The van der Waals surface area contributed by atoms with Gasteiger partial charge in [-0.2, -0.15) is 0 Å². The van der Waals surface area contributed by atoms with E-state index in [1.54, 1.807) is 0 Å². The Bertz CT molecular complexity index is 91.5. The van der Waals surface area contributed by atoms with Crippen molar-refractivity contribution < 1.29 is 14.3 Å². The van der Waals surface area contributed by atoms with Crippen LogP contribution in [0.1, 0.15) is 0 Å². The number of hydrogen-bond acceptors (Lipinski definition) is 3. The quantitative estimate of drug-likeness (QED) is 0.307. The van der Waals surface area contributed by atoms with Gasteiger partial charge in [0.2, 0.25) is 0 Å². The van der Waals surface area contributed by atoms with Crippen LogP contribution in [0.15, 0.2) is 0 Å². The van der Waals surface area contributed by atoms with Gasteiger partial charge in [0.1, 0.15) is 0 Å². The zero-order chi connectivity index (χ0) is 5.86. The maximum absolute atomic E-state index is 9.51. The van der Waals surface area contributed by atoms with Crippen LogP contribution in [0.4, 0.5) is 9.59 Å². The van der Waals surface area contributed by atoms with Crippen LogP contribution in [0.5, 0.6) is 0 Å². The van der Waals surface area contributed by atoms with Crippen molar-refractivity contribution in [1.29, 1.82) is 0 Å². The minimum absolute atomic E-state index is 0. The molecule has 0 aromatic rings. The Morgan fingerprint density at radius 1 is 1.12 bits per heavy atom. The summed E-state index contributed by atoms with van der Waals surface area (Å²) in [6.07, 6.45) is -2.38. The SMILES string of the molecule is NC(=O)OC(N)=O.[NaH]. The number of primary amides is 2. The Labute approximate surface area is 67.6 Å². The first-order valence-corrected chi connectivity index (χ1v) is 1.39. The number of ether oxygens (including phenoxy) is 1. The number of amides is 2. The molecule has 8 heavy (non-hydrogen) atoms. The van der Waals surface area contributed by atoms with Gasteiger partial charge in [-0.15, -0.1) is 0 Å². The zero-order valence-electron chi connectivity index (χ0n) is 3.38. The van der Waals surface area contributed by atoms with Crippen molar-refractivity contribution in [2.24, 2.45) is 11.5 Å². The van der Waals surface area contributed by atoms with Gasteiger partial charge < -0.3 is 16.2 Å². The molecule has 0 spiro atoms. The molecule has 2 amide bonds. The van der Waals surface area contributed by atoms with Gasteiger partial charge in [-0.3, -0.25) is 0 Å². The van der Waals surface area contributed by atoms with Crippen LogP contribution in [0.2, 0.25) is 0 Å². The Kier molecular flexibility index (Phi) is 6.52. The molecule has 0 aromatic carbocycles. The molecule has 0 radical (unpaired) electrons. The van der Waals surface area contributed by atoms with Crippen molar-refractivity contribution in [2.75, 3.05) is 0 Å². The van der Waals surface area contributed by atoms with E-state index >= 15 is 0 Å². The normalized spacial score (nSPS) is 6.50. The molecular formula is C2H5N2NaO3. The molecule has 4 N–H and O–H groups in total. The van der Waals surface area contributed by atoms with E-state index in [2.05, 4.69) is 16.2 Å². The van der Waals surface area contributed by atoms with Crippen LogP contribution in [0.25, 0.3) is 0 Å². The molecule has 0 aliphatic heterocycles. The Morgan fingerprint density at radius 2 is 1.38 bits per heavy atom. The van der Waals surface area contributed by atoms with Crippen LogP contribution >= 0.6 is 0 Å². The summed E-state index contributed by atoms with van der Waals surface area (Å²) in [7, 11) is 0. The van der Waals surface area contributed by atoms with Gasteiger partial charge >= 0.3 is 41.7 Å². The van der Waals surface area contributed by atoms with Crippen molar-refractivity contribution in [3.05, 3.63) is 0 Å². The molecule has 0 aliphatic rings. The fraction of sp³-hybridized carbons (Fsp3) is 0. The van der Waals surface area contributed by atoms with E-state index < -0.39 is 12.2 Å². The van der Waals surface area contributed by atoms with Gasteiger partial charge in [0.15, 0.2) is 0 Å². The predicted octanol–water partition coefficient (Wildman–Crippen LogP) is -1.49. The topological polar surface area (TPSA) is 95.4 Å². The second kappa shape index (κ2) is 4.89. The van der Waals surface area contributed by atoms with Gasteiger partial charge in [-0.25, -0.2) is 9.59 Å². The number of nitrogens with two attached hydrogens (primary N) is 2. The van der Waals surface area contributed by atoms with E-state index in [1.807, 2.05) is 0 Å². The molecule has 0 atom stereocenters. The maximum atomic E-state index is 9.51. The molecule has 0 saturated heterocycles. The fourth-order valence-corrected chi connectivity index (χ4v) is 0.0991. The molecule has 0 fully saturated rings. The van der Waals surface area contributed by atoms with Gasteiger partial charge in [0.25, 0.3) is 0 Å². The van der Waals surface area contributed by atoms with Crippen LogP contribution in [-0.2, 0) is 4.74 Å². The summed E-state index contributed by atoms with van der Waals surface area (Å²) in [5.41, 5.74) is 8.66. The van der Waals surface area contributed by atoms with E-state index in [4.69, 9.17) is 0 Å². The molecule has 0 saturated carbocycles. The molecule has 6 heteroatoms. The zero-order valence-corrected chi connectivity index (χ0v) is 3.38. The Morgan fingerprint density at radius 3 is 1.38 bits per heavy atom. The van der Waals surface area contributed by atoms with Crippen LogP contribution < -0.4 is 11.5 Å². The third-order valence-corrected chi connectivity index (χ3v) is 0.201. The van der Waals surface area contributed by atoms with E-state index in [-0.39, 0.29) is 29.6 Å². The number of carbonyl (C=O) groups excluding carboxylic acids is 2. The third-order valence-electron chi connectivity index (χ3n) is 0.201. The van der Waals surface area contributed by atoms with Gasteiger partial charge in [-0.05, 0) is 0 Å².